The van der Waals surface area contributed by atoms with Crippen molar-refractivity contribution in [3.05, 3.63) is 119 Å². The lowest BCUT2D eigenvalue weighted by atomic mass is 10.1. The minimum Gasteiger partial charge on any atom is -0.365 e. The molecule has 8 heteroatoms. The van der Waals surface area contributed by atoms with E-state index in [0.29, 0.717) is 25.2 Å². The first-order chi connectivity index (χ1) is 19.7. The number of carbonyl (C=O) groups excluding carboxylic acids is 2. The molecule has 2 aliphatic rings. The topological polar surface area (TPSA) is 78.0 Å². The molecule has 0 saturated carbocycles. The molecule has 0 aromatic heterocycles. The number of sulfone groups is 1. The Labute approximate surface area is 240 Å². The molecule has 1 atom stereocenters. The van der Waals surface area contributed by atoms with E-state index in [1.807, 2.05) is 41.3 Å². The van der Waals surface area contributed by atoms with Crippen LogP contribution in [-0.2, 0) is 16.4 Å². The van der Waals surface area contributed by atoms with E-state index in [4.69, 9.17) is 0 Å². The summed E-state index contributed by atoms with van der Waals surface area (Å²) in [5, 5.41) is 0. The van der Waals surface area contributed by atoms with Crippen molar-refractivity contribution in [3.63, 3.8) is 0 Å². The maximum Gasteiger partial charge on any atom is 0.259 e. The Morgan fingerprint density at radius 3 is 2.37 bits per heavy atom. The second-order valence-corrected chi connectivity index (χ2v) is 12.6. The van der Waals surface area contributed by atoms with E-state index in [-0.39, 0.29) is 39.5 Å². The van der Waals surface area contributed by atoms with E-state index in [1.54, 1.807) is 30.3 Å². The van der Waals surface area contributed by atoms with Crippen LogP contribution in [0.5, 0.6) is 0 Å². The highest BCUT2D eigenvalue weighted by Gasteiger charge is 2.37. The molecule has 0 N–H and O–H groups in total. The van der Waals surface area contributed by atoms with Crippen LogP contribution >= 0.6 is 0 Å². The number of aryl methyl sites for hydroxylation is 1. The van der Waals surface area contributed by atoms with Crippen molar-refractivity contribution in [1.29, 1.82) is 0 Å². The van der Waals surface area contributed by atoms with Crippen LogP contribution in [0.3, 0.4) is 0 Å². The monoisotopic (exact) mass is 565 g/mol. The Bertz CT molecular complexity index is 1750. The van der Waals surface area contributed by atoms with Crippen molar-refractivity contribution in [1.82, 2.24) is 4.90 Å². The Morgan fingerprint density at radius 2 is 1.61 bits per heavy atom. The molecule has 4 aromatic rings. The van der Waals surface area contributed by atoms with Gasteiger partial charge in [-0.2, -0.15) is 0 Å². The molecule has 1 saturated heterocycles. The summed E-state index contributed by atoms with van der Waals surface area (Å²) in [5.74, 6) is -0.605. The predicted octanol–water partition coefficient (Wildman–Crippen LogP) is 5.34. The maximum atomic E-state index is 13.9. The zero-order chi connectivity index (χ0) is 28.7. The lowest BCUT2D eigenvalue weighted by molar-refractivity contribution is 0.0726. The zero-order valence-corrected chi connectivity index (χ0v) is 23.8. The molecule has 0 radical (unpaired) electrons. The molecule has 0 unspecified atom stereocenters. The Morgan fingerprint density at radius 1 is 0.854 bits per heavy atom. The Balaban J connectivity index is 1.36. The molecular weight excluding hydrogens is 534 g/mol. The number of amides is 2. The van der Waals surface area contributed by atoms with E-state index < -0.39 is 15.7 Å². The molecule has 2 amide bonds. The summed E-state index contributed by atoms with van der Waals surface area (Å²) < 4.78 is 27.6. The summed E-state index contributed by atoms with van der Waals surface area (Å²) >= 11 is 0. The van der Waals surface area contributed by atoms with E-state index >= 15 is 0 Å². The fourth-order valence-electron chi connectivity index (χ4n) is 5.78. The van der Waals surface area contributed by atoms with Crippen LogP contribution in [0.4, 0.5) is 11.4 Å². The Hall–Kier alpha value is -4.43. The first kappa shape index (κ1) is 26.8. The third-order valence-corrected chi connectivity index (χ3v) is 9.73. The van der Waals surface area contributed by atoms with Crippen molar-refractivity contribution in [3.8, 4) is 0 Å². The van der Waals surface area contributed by atoms with Crippen LogP contribution in [0.1, 0.15) is 38.8 Å². The maximum absolute atomic E-state index is 13.9. The van der Waals surface area contributed by atoms with Crippen LogP contribution in [0.25, 0.3) is 0 Å². The lowest BCUT2D eigenvalue weighted by Crippen LogP contribution is -2.53. The normalized spacial score (nSPS) is 18.0. The number of piperazine rings is 1. The molecule has 0 spiro atoms. The number of fused-ring (bicyclic) bond motifs is 2. The zero-order valence-electron chi connectivity index (χ0n) is 23.0. The summed E-state index contributed by atoms with van der Waals surface area (Å²) in [6.07, 6.45) is 0. The van der Waals surface area contributed by atoms with Gasteiger partial charge < -0.3 is 14.7 Å². The summed E-state index contributed by atoms with van der Waals surface area (Å²) in [6.45, 7) is 6.08. The molecule has 1 fully saturated rings. The van der Waals surface area contributed by atoms with Crippen LogP contribution in [0.15, 0.2) is 107 Å². The minimum absolute atomic E-state index is 0.0147. The first-order valence-electron chi connectivity index (χ1n) is 13.7. The molecule has 6 rings (SSSR count). The summed E-state index contributed by atoms with van der Waals surface area (Å²) in [4.78, 5) is 33.2. The van der Waals surface area contributed by atoms with Gasteiger partial charge >= 0.3 is 0 Å². The number of carbonyl (C=O) groups is 2. The van der Waals surface area contributed by atoms with Gasteiger partial charge in [-0.15, -0.1) is 0 Å². The van der Waals surface area contributed by atoms with Crippen molar-refractivity contribution in [2.75, 3.05) is 29.4 Å². The van der Waals surface area contributed by atoms with Gasteiger partial charge in [0, 0.05) is 36.9 Å². The fraction of sp³-hybridized carbons (Fsp3) is 0.212. The van der Waals surface area contributed by atoms with Gasteiger partial charge in [0.15, 0.2) is 0 Å². The molecule has 0 aliphatic carbocycles. The summed E-state index contributed by atoms with van der Waals surface area (Å²) in [7, 11) is -4.01. The SMILES string of the molecule is Cc1cccc(N2CCN(C(=O)c3ccc4c(c3)N(Cc3ccccc3)C(=O)c3ccccc3S4(=O)=O)C[C@H]2C)c1. The van der Waals surface area contributed by atoms with Crippen LogP contribution in [0.2, 0.25) is 0 Å². The van der Waals surface area contributed by atoms with Gasteiger partial charge in [-0.25, -0.2) is 8.42 Å². The highest BCUT2D eigenvalue weighted by molar-refractivity contribution is 7.91. The van der Waals surface area contributed by atoms with E-state index in [1.165, 1.54) is 22.6 Å². The molecule has 7 nitrogen and oxygen atoms in total. The molecule has 41 heavy (non-hydrogen) atoms. The average Bonchev–Trinajstić information content (AvgIpc) is 3.05. The van der Waals surface area contributed by atoms with E-state index in [2.05, 4.69) is 36.9 Å². The number of rotatable bonds is 4. The average molecular weight is 566 g/mol. The molecular formula is C33H31N3O4S. The molecule has 2 heterocycles. The van der Waals surface area contributed by atoms with Crippen molar-refractivity contribution in [2.24, 2.45) is 0 Å². The minimum atomic E-state index is -4.01. The van der Waals surface area contributed by atoms with Gasteiger partial charge in [0.05, 0.1) is 27.6 Å². The molecule has 0 bridgehead atoms. The van der Waals surface area contributed by atoms with Gasteiger partial charge in [-0.3, -0.25) is 9.59 Å². The van der Waals surface area contributed by atoms with Gasteiger partial charge in [-0.1, -0.05) is 54.6 Å². The molecule has 2 aliphatic heterocycles. The predicted molar refractivity (Wildman–Crippen MR) is 159 cm³/mol. The Kier molecular flexibility index (Phi) is 6.87. The number of hydrogen-bond acceptors (Lipinski definition) is 5. The van der Waals surface area contributed by atoms with E-state index in [9.17, 15) is 18.0 Å². The largest absolute Gasteiger partial charge is 0.365 e. The number of benzene rings is 4. The number of nitrogens with zero attached hydrogens (tertiary/aromatic N) is 3. The molecule has 4 aromatic carbocycles. The second-order valence-electron chi connectivity index (χ2n) is 10.7. The van der Waals surface area contributed by atoms with Gasteiger partial charge in [0.2, 0.25) is 9.84 Å². The highest BCUT2D eigenvalue weighted by atomic mass is 32.2. The van der Waals surface area contributed by atoms with Gasteiger partial charge in [0.25, 0.3) is 11.8 Å². The highest BCUT2D eigenvalue weighted by Crippen LogP contribution is 2.38. The summed E-state index contributed by atoms with van der Waals surface area (Å²) in [5.41, 5.74) is 3.86. The number of hydrogen-bond donors (Lipinski definition) is 0. The van der Waals surface area contributed by atoms with Crippen molar-refractivity contribution >= 4 is 33.0 Å². The quantitative estimate of drug-likeness (QED) is 0.334. The third kappa shape index (κ3) is 4.89. The van der Waals surface area contributed by atoms with Crippen molar-refractivity contribution in [2.45, 2.75) is 36.2 Å². The molecule has 208 valence electrons. The first-order valence-corrected chi connectivity index (χ1v) is 15.2. The lowest BCUT2D eigenvalue weighted by Gasteiger charge is -2.41. The van der Waals surface area contributed by atoms with Crippen LogP contribution < -0.4 is 9.80 Å². The smallest absolute Gasteiger partial charge is 0.259 e. The second kappa shape index (κ2) is 10.5. The summed E-state index contributed by atoms with van der Waals surface area (Å²) in [6, 6.07) is 28.8. The van der Waals surface area contributed by atoms with Gasteiger partial charge in [-0.05, 0) is 67.4 Å². The van der Waals surface area contributed by atoms with Crippen molar-refractivity contribution < 1.29 is 18.0 Å². The fourth-order valence-corrected chi connectivity index (χ4v) is 7.41. The third-order valence-electron chi connectivity index (χ3n) is 7.87. The number of anilines is 2. The van der Waals surface area contributed by atoms with Crippen LogP contribution in [-0.4, -0.2) is 50.8 Å². The van der Waals surface area contributed by atoms with Gasteiger partial charge in [0.1, 0.15) is 0 Å². The van der Waals surface area contributed by atoms with Crippen LogP contribution in [0, 0.1) is 6.92 Å². The standard InChI is InChI=1S/C33H31N3O4S/c1-23-9-8-12-27(19-23)35-18-17-34(21-24(35)2)32(37)26-15-16-31-29(20-26)36(22-25-10-4-3-5-11-25)33(38)28-13-6-7-14-30(28)41(31,39)40/h3-16,19-20,24H,17-18,21-22H2,1-2H3/t24-/m1/s1. The van der Waals surface area contributed by atoms with E-state index in [0.717, 1.165) is 11.3 Å².